The highest BCUT2D eigenvalue weighted by molar-refractivity contribution is 5.69. The van der Waals surface area contributed by atoms with E-state index in [0.717, 1.165) is 17.0 Å². The Balaban J connectivity index is 2.15. The number of carbonyl (C=O) groups is 1. The molecule has 0 saturated heterocycles. The fourth-order valence-corrected chi connectivity index (χ4v) is 1.69. The molecule has 0 N–H and O–H groups in total. The van der Waals surface area contributed by atoms with E-state index < -0.39 is 0 Å². The second kappa shape index (κ2) is 5.49. The highest BCUT2D eigenvalue weighted by atomic mass is 16.5. The molecule has 0 aliphatic heterocycles. The summed E-state index contributed by atoms with van der Waals surface area (Å²) in [6.45, 7) is 1.85. The summed E-state index contributed by atoms with van der Waals surface area (Å²) in [5.74, 6) is 1.10. The molecular weight excluding hydrogens is 230 g/mol. The Hall–Kier alpha value is -2.10. The van der Waals surface area contributed by atoms with E-state index in [1.807, 2.05) is 37.3 Å². The summed E-state index contributed by atoms with van der Waals surface area (Å²) < 4.78 is 10.2. The van der Waals surface area contributed by atoms with Crippen molar-refractivity contribution in [2.75, 3.05) is 7.11 Å². The van der Waals surface area contributed by atoms with Crippen molar-refractivity contribution in [3.05, 3.63) is 41.8 Å². The molecule has 94 valence electrons. The maximum atomic E-state index is 11.1. The molecule has 1 aromatic carbocycles. The van der Waals surface area contributed by atoms with Crippen molar-refractivity contribution in [3.8, 4) is 11.5 Å². The van der Waals surface area contributed by atoms with Crippen LogP contribution in [-0.4, -0.2) is 18.1 Å². The quantitative estimate of drug-likeness (QED) is 0.777. The van der Waals surface area contributed by atoms with Gasteiger partial charge in [0.25, 0.3) is 0 Å². The molecule has 2 rings (SSSR count). The first-order valence-corrected chi connectivity index (χ1v) is 5.79. The average molecular weight is 245 g/mol. The lowest BCUT2D eigenvalue weighted by Crippen LogP contribution is -2.02. The first-order chi connectivity index (χ1) is 8.70. The Bertz CT molecular complexity index is 531. The van der Waals surface area contributed by atoms with Gasteiger partial charge in [-0.3, -0.25) is 4.79 Å². The summed E-state index contributed by atoms with van der Waals surface area (Å²) in [6.07, 6.45) is 0.854. The Morgan fingerprint density at radius 3 is 2.72 bits per heavy atom. The van der Waals surface area contributed by atoms with Gasteiger partial charge in [0.1, 0.15) is 5.76 Å². The van der Waals surface area contributed by atoms with Crippen LogP contribution in [0.1, 0.15) is 17.9 Å². The predicted octanol–water partition coefficient (Wildman–Crippen LogP) is 2.76. The maximum Gasteiger partial charge on any atom is 0.305 e. The Labute approximate surface area is 106 Å². The number of rotatable bonds is 4. The standard InChI is InChI=1S/C14H15NO3/c1-10-12(8-9-13(16)17-2)15-14(18-10)11-6-4-3-5-7-11/h3-7H,8-9H2,1-2H3. The number of hydrogen-bond donors (Lipinski definition) is 0. The van der Waals surface area contributed by atoms with Gasteiger partial charge in [-0.05, 0) is 19.1 Å². The maximum absolute atomic E-state index is 11.1. The number of hydrogen-bond acceptors (Lipinski definition) is 4. The Morgan fingerprint density at radius 2 is 2.06 bits per heavy atom. The van der Waals surface area contributed by atoms with E-state index in [1.54, 1.807) is 0 Å². The predicted molar refractivity (Wildman–Crippen MR) is 67.0 cm³/mol. The van der Waals surface area contributed by atoms with Gasteiger partial charge in [-0.1, -0.05) is 18.2 Å². The third-order valence-electron chi connectivity index (χ3n) is 2.71. The number of esters is 1. The normalized spacial score (nSPS) is 10.3. The first kappa shape index (κ1) is 12.4. The summed E-state index contributed by atoms with van der Waals surface area (Å²) in [6, 6.07) is 9.69. The van der Waals surface area contributed by atoms with Crippen molar-refractivity contribution in [1.82, 2.24) is 4.98 Å². The van der Waals surface area contributed by atoms with Crippen molar-refractivity contribution in [3.63, 3.8) is 0 Å². The van der Waals surface area contributed by atoms with E-state index in [1.165, 1.54) is 7.11 Å². The van der Waals surface area contributed by atoms with Crippen molar-refractivity contribution in [1.29, 1.82) is 0 Å². The van der Waals surface area contributed by atoms with E-state index >= 15 is 0 Å². The van der Waals surface area contributed by atoms with Crippen molar-refractivity contribution in [2.45, 2.75) is 19.8 Å². The molecule has 1 heterocycles. The van der Waals surface area contributed by atoms with Crippen LogP contribution in [0.3, 0.4) is 0 Å². The molecule has 0 amide bonds. The number of carbonyl (C=O) groups excluding carboxylic acids is 1. The van der Waals surface area contributed by atoms with Crippen LogP contribution >= 0.6 is 0 Å². The molecule has 0 aliphatic carbocycles. The van der Waals surface area contributed by atoms with Gasteiger partial charge in [-0.2, -0.15) is 0 Å². The van der Waals surface area contributed by atoms with Gasteiger partial charge in [-0.25, -0.2) is 4.98 Å². The molecule has 1 aromatic heterocycles. The molecule has 0 radical (unpaired) electrons. The highest BCUT2D eigenvalue weighted by Gasteiger charge is 2.12. The van der Waals surface area contributed by atoms with E-state index in [0.29, 0.717) is 18.7 Å². The van der Waals surface area contributed by atoms with Gasteiger partial charge in [0.15, 0.2) is 0 Å². The number of methoxy groups -OCH3 is 1. The lowest BCUT2D eigenvalue weighted by Gasteiger charge is -1.96. The molecule has 4 heteroatoms. The van der Waals surface area contributed by atoms with Gasteiger partial charge in [0.05, 0.1) is 19.2 Å². The van der Waals surface area contributed by atoms with Crippen molar-refractivity contribution in [2.24, 2.45) is 0 Å². The third-order valence-corrected chi connectivity index (χ3v) is 2.71. The lowest BCUT2D eigenvalue weighted by atomic mass is 10.2. The number of nitrogens with zero attached hydrogens (tertiary/aromatic N) is 1. The van der Waals surface area contributed by atoms with Gasteiger partial charge >= 0.3 is 5.97 Å². The molecule has 0 unspecified atom stereocenters. The number of oxazole rings is 1. The van der Waals surface area contributed by atoms with Crippen LogP contribution in [0.5, 0.6) is 0 Å². The molecule has 4 nitrogen and oxygen atoms in total. The molecule has 18 heavy (non-hydrogen) atoms. The monoisotopic (exact) mass is 245 g/mol. The molecule has 2 aromatic rings. The second-order valence-corrected chi connectivity index (χ2v) is 3.96. The zero-order chi connectivity index (χ0) is 13.0. The van der Waals surface area contributed by atoms with Crippen molar-refractivity contribution >= 4 is 5.97 Å². The van der Waals surface area contributed by atoms with Crippen LogP contribution < -0.4 is 0 Å². The van der Waals surface area contributed by atoms with E-state index in [-0.39, 0.29) is 5.97 Å². The minimum Gasteiger partial charge on any atom is -0.469 e. The van der Waals surface area contributed by atoms with Crippen LogP contribution in [-0.2, 0) is 16.0 Å². The van der Waals surface area contributed by atoms with E-state index in [2.05, 4.69) is 9.72 Å². The molecule has 0 aliphatic rings. The Morgan fingerprint density at radius 1 is 1.33 bits per heavy atom. The second-order valence-electron chi connectivity index (χ2n) is 3.96. The average Bonchev–Trinajstić information content (AvgIpc) is 2.78. The van der Waals surface area contributed by atoms with Crippen molar-refractivity contribution < 1.29 is 13.9 Å². The SMILES string of the molecule is COC(=O)CCc1nc(-c2ccccc2)oc1C. The third kappa shape index (κ3) is 2.77. The summed E-state index contributed by atoms with van der Waals surface area (Å²) >= 11 is 0. The van der Waals surface area contributed by atoms with Gasteiger partial charge in [0, 0.05) is 12.0 Å². The smallest absolute Gasteiger partial charge is 0.305 e. The molecule has 0 saturated carbocycles. The summed E-state index contributed by atoms with van der Waals surface area (Å²) in [5.41, 5.74) is 1.74. The number of aromatic nitrogens is 1. The topological polar surface area (TPSA) is 52.3 Å². The molecule has 0 fully saturated rings. The van der Waals surface area contributed by atoms with Gasteiger partial charge < -0.3 is 9.15 Å². The minimum atomic E-state index is -0.237. The summed E-state index contributed by atoms with van der Waals surface area (Å²) in [5, 5.41) is 0. The van der Waals surface area contributed by atoms with E-state index in [4.69, 9.17) is 4.42 Å². The largest absolute Gasteiger partial charge is 0.469 e. The number of aryl methyl sites for hydroxylation is 2. The first-order valence-electron chi connectivity index (χ1n) is 5.79. The summed E-state index contributed by atoms with van der Waals surface area (Å²) in [7, 11) is 1.38. The minimum absolute atomic E-state index is 0.237. The Kier molecular flexibility index (Phi) is 3.77. The van der Waals surface area contributed by atoms with Crippen LogP contribution in [0.25, 0.3) is 11.5 Å². The van der Waals surface area contributed by atoms with Crippen LogP contribution in [0.15, 0.2) is 34.7 Å². The highest BCUT2D eigenvalue weighted by Crippen LogP contribution is 2.22. The molecule has 0 atom stereocenters. The summed E-state index contributed by atoms with van der Waals surface area (Å²) in [4.78, 5) is 15.5. The van der Waals surface area contributed by atoms with Crippen LogP contribution in [0.2, 0.25) is 0 Å². The molecule has 0 spiro atoms. The fraction of sp³-hybridized carbons (Fsp3) is 0.286. The molecular formula is C14H15NO3. The lowest BCUT2D eigenvalue weighted by molar-refractivity contribution is -0.140. The van der Waals surface area contributed by atoms with E-state index in [9.17, 15) is 4.79 Å². The van der Waals surface area contributed by atoms with Gasteiger partial charge in [0.2, 0.25) is 5.89 Å². The van der Waals surface area contributed by atoms with Crippen LogP contribution in [0.4, 0.5) is 0 Å². The molecule has 0 bridgehead atoms. The number of benzene rings is 1. The number of ether oxygens (including phenoxy) is 1. The zero-order valence-corrected chi connectivity index (χ0v) is 10.5. The zero-order valence-electron chi connectivity index (χ0n) is 10.5. The van der Waals surface area contributed by atoms with Crippen LogP contribution in [0, 0.1) is 6.92 Å². The fourth-order valence-electron chi connectivity index (χ4n) is 1.69. The van der Waals surface area contributed by atoms with Gasteiger partial charge in [-0.15, -0.1) is 0 Å².